The fourth-order valence-electron chi connectivity index (χ4n) is 3.94. The number of methoxy groups -OCH3 is 1. The van der Waals surface area contributed by atoms with Gasteiger partial charge >= 0.3 is 6.03 Å². The summed E-state index contributed by atoms with van der Waals surface area (Å²) in [6, 6.07) is 12.3. The van der Waals surface area contributed by atoms with Gasteiger partial charge in [-0.05, 0) is 55.4 Å². The number of aliphatic hydroxyl groups excluding tert-OH is 1. The number of likely N-dealkylation sites (N-methyl/N-ethyl adjacent to an activating group) is 2. The highest BCUT2D eigenvalue weighted by molar-refractivity contribution is 5.74. The van der Waals surface area contributed by atoms with Crippen LogP contribution in [-0.4, -0.2) is 74.5 Å². The van der Waals surface area contributed by atoms with Gasteiger partial charge in [-0.3, -0.25) is 0 Å². The maximum absolute atomic E-state index is 13.1. The van der Waals surface area contributed by atoms with E-state index in [1.165, 1.54) is 0 Å². The molecule has 2 aromatic carbocycles. The fourth-order valence-corrected chi connectivity index (χ4v) is 3.94. The van der Waals surface area contributed by atoms with Crippen LogP contribution in [0.25, 0.3) is 0 Å². The highest BCUT2D eigenvalue weighted by Gasteiger charge is 2.30. The third-order valence-electron chi connectivity index (χ3n) is 6.08. The molecule has 3 rings (SSSR count). The number of fused-ring (bicyclic) bond motifs is 1. The van der Waals surface area contributed by atoms with E-state index in [9.17, 15) is 9.90 Å². The van der Waals surface area contributed by atoms with Crippen LogP contribution in [0.15, 0.2) is 42.5 Å². The number of ether oxygens (including phenoxy) is 3. The molecular formula is C26H37N3O5. The van der Waals surface area contributed by atoms with Crippen molar-refractivity contribution in [2.24, 2.45) is 0 Å². The number of unbranched alkanes of at least 4 members (excludes halogenated alkanes) is 1. The number of hydrogen-bond acceptors (Lipinski definition) is 6. The Kier molecular flexibility index (Phi) is 9.42. The number of carbonyl (C=O) groups excluding carboxylic acids is 1. The van der Waals surface area contributed by atoms with E-state index >= 15 is 0 Å². The zero-order valence-corrected chi connectivity index (χ0v) is 20.6. The van der Waals surface area contributed by atoms with E-state index in [0.29, 0.717) is 43.4 Å². The van der Waals surface area contributed by atoms with Gasteiger partial charge in [0.15, 0.2) is 11.5 Å². The van der Waals surface area contributed by atoms with E-state index < -0.39 is 12.1 Å². The summed E-state index contributed by atoms with van der Waals surface area (Å²) in [6.07, 6.45) is 1.24. The summed E-state index contributed by atoms with van der Waals surface area (Å²) in [5, 5.41) is 14.3. The second kappa shape index (κ2) is 12.5. The summed E-state index contributed by atoms with van der Waals surface area (Å²) in [6.45, 7) is 4.93. The first-order valence-electron chi connectivity index (χ1n) is 11.8. The molecule has 0 bridgehead atoms. The summed E-state index contributed by atoms with van der Waals surface area (Å²) < 4.78 is 16.5. The molecule has 2 amide bonds. The van der Waals surface area contributed by atoms with Gasteiger partial charge in [-0.1, -0.05) is 31.5 Å². The van der Waals surface area contributed by atoms with Gasteiger partial charge in [0.2, 0.25) is 0 Å². The molecule has 0 spiro atoms. The standard InChI is InChI=1S/C26H37N3O5/c1-5-6-13-28(2)18-22(25(30)20-9-12-23-24(16-20)34-15-14-33-23)29(3)26(31)27-17-19-7-10-21(32-4)11-8-19/h7-12,16,22,25,30H,5-6,13-15,17-18H2,1-4H3,(H,27,31)/t22-,25-/m1/s1. The van der Waals surface area contributed by atoms with E-state index in [1.807, 2.05) is 43.4 Å². The minimum Gasteiger partial charge on any atom is -0.497 e. The summed E-state index contributed by atoms with van der Waals surface area (Å²) in [7, 11) is 5.36. The second-order valence-electron chi connectivity index (χ2n) is 8.65. The number of amides is 2. The molecule has 0 fully saturated rings. The second-order valence-corrected chi connectivity index (χ2v) is 8.65. The summed E-state index contributed by atoms with van der Waals surface area (Å²) >= 11 is 0. The maximum Gasteiger partial charge on any atom is 0.317 e. The molecule has 0 aliphatic carbocycles. The molecule has 0 saturated carbocycles. The molecule has 0 radical (unpaired) electrons. The van der Waals surface area contributed by atoms with Crippen molar-refractivity contribution in [3.8, 4) is 17.2 Å². The lowest BCUT2D eigenvalue weighted by atomic mass is 10.00. The first-order chi connectivity index (χ1) is 16.4. The summed E-state index contributed by atoms with van der Waals surface area (Å²) in [5.41, 5.74) is 1.65. The van der Waals surface area contributed by atoms with Crippen molar-refractivity contribution in [2.75, 3.05) is 47.5 Å². The SMILES string of the molecule is CCCCN(C)C[C@H]([C@H](O)c1ccc2c(c1)OCCO2)N(C)C(=O)NCc1ccc(OC)cc1. The Morgan fingerprint density at radius 1 is 1.12 bits per heavy atom. The van der Waals surface area contributed by atoms with Crippen LogP contribution in [0, 0.1) is 0 Å². The first kappa shape index (κ1) is 25.6. The van der Waals surface area contributed by atoms with E-state index in [1.54, 1.807) is 25.1 Å². The molecule has 34 heavy (non-hydrogen) atoms. The Morgan fingerprint density at radius 2 is 1.82 bits per heavy atom. The van der Waals surface area contributed by atoms with Crippen LogP contribution in [0.5, 0.6) is 17.2 Å². The van der Waals surface area contributed by atoms with Gasteiger partial charge < -0.3 is 34.4 Å². The van der Waals surface area contributed by atoms with Crippen molar-refractivity contribution < 1.29 is 24.1 Å². The molecule has 1 aliphatic heterocycles. The normalized spacial score (nSPS) is 14.4. The predicted octanol–water partition coefficient (Wildman–Crippen LogP) is 3.44. The van der Waals surface area contributed by atoms with E-state index in [2.05, 4.69) is 17.1 Å². The minimum absolute atomic E-state index is 0.249. The highest BCUT2D eigenvalue weighted by atomic mass is 16.6. The molecule has 8 heteroatoms. The van der Waals surface area contributed by atoms with Crippen LogP contribution in [0.4, 0.5) is 4.79 Å². The number of rotatable bonds is 11. The average Bonchev–Trinajstić information content (AvgIpc) is 2.88. The average molecular weight is 472 g/mol. The van der Waals surface area contributed by atoms with E-state index in [-0.39, 0.29) is 6.03 Å². The van der Waals surface area contributed by atoms with Crippen LogP contribution in [0.2, 0.25) is 0 Å². The Hall–Kier alpha value is -2.97. The third kappa shape index (κ3) is 6.77. The molecule has 186 valence electrons. The topological polar surface area (TPSA) is 83.5 Å². The Balaban J connectivity index is 1.73. The molecule has 2 aromatic rings. The molecule has 0 unspecified atom stereocenters. The predicted molar refractivity (Wildman–Crippen MR) is 132 cm³/mol. The quantitative estimate of drug-likeness (QED) is 0.522. The Bertz CT molecular complexity index is 921. The Morgan fingerprint density at radius 3 is 2.50 bits per heavy atom. The molecule has 2 atom stereocenters. The zero-order valence-electron chi connectivity index (χ0n) is 20.6. The maximum atomic E-state index is 13.1. The van der Waals surface area contributed by atoms with Crippen molar-refractivity contribution in [3.63, 3.8) is 0 Å². The van der Waals surface area contributed by atoms with Crippen LogP contribution in [0.3, 0.4) is 0 Å². The van der Waals surface area contributed by atoms with E-state index in [4.69, 9.17) is 14.2 Å². The van der Waals surface area contributed by atoms with Gasteiger partial charge in [-0.15, -0.1) is 0 Å². The van der Waals surface area contributed by atoms with Crippen LogP contribution in [0.1, 0.15) is 37.0 Å². The van der Waals surface area contributed by atoms with Gasteiger partial charge in [-0.25, -0.2) is 4.79 Å². The molecule has 1 heterocycles. The van der Waals surface area contributed by atoms with Crippen molar-refractivity contribution in [2.45, 2.75) is 38.5 Å². The number of benzene rings is 2. The molecule has 8 nitrogen and oxygen atoms in total. The van der Waals surface area contributed by atoms with Gasteiger partial charge in [0, 0.05) is 20.1 Å². The minimum atomic E-state index is -0.892. The van der Waals surface area contributed by atoms with Gasteiger partial charge in [0.1, 0.15) is 25.1 Å². The smallest absolute Gasteiger partial charge is 0.317 e. The number of hydrogen-bond donors (Lipinski definition) is 2. The fraction of sp³-hybridized carbons (Fsp3) is 0.500. The van der Waals surface area contributed by atoms with Crippen molar-refractivity contribution in [1.82, 2.24) is 15.1 Å². The highest BCUT2D eigenvalue weighted by Crippen LogP contribution is 2.34. The van der Waals surface area contributed by atoms with Gasteiger partial charge in [0.25, 0.3) is 0 Å². The number of nitrogens with zero attached hydrogens (tertiary/aromatic N) is 2. The lowest BCUT2D eigenvalue weighted by Crippen LogP contribution is -2.50. The van der Waals surface area contributed by atoms with Crippen LogP contribution in [-0.2, 0) is 6.54 Å². The Labute approximate surface area is 202 Å². The first-order valence-corrected chi connectivity index (χ1v) is 11.8. The van der Waals surface area contributed by atoms with Crippen molar-refractivity contribution in [3.05, 3.63) is 53.6 Å². The molecular weight excluding hydrogens is 434 g/mol. The van der Waals surface area contributed by atoms with Gasteiger partial charge in [-0.2, -0.15) is 0 Å². The summed E-state index contributed by atoms with van der Waals surface area (Å²) in [4.78, 5) is 16.8. The lowest BCUT2D eigenvalue weighted by molar-refractivity contribution is 0.0570. The zero-order chi connectivity index (χ0) is 24.5. The van der Waals surface area contributed by atoms with Crippen LogP contribution < -0.4 is 19.5 Å². The van der Waals surface area contributed by atoms with Crippen molar-refractivity contribution >= 4 is 6.03 Å². The summed E-state index contributed by atoms with van der Waals surface area (Å²) in [5.74, 6) is 2.06. The largest absolute Gasteiger partial charge is 0.497 e. The lowest BCUT2D eigenvalue weighted by Gasteiger charge is -2.35. The molecule has 0 aromatic heterocycles. The van der Waals surface area contributed by atoms with E-state index in [0.717, 1.165) is 30.7 Å². The van der Waals surface area contributed by atoms with Crippen LogP contribution >= 0.6 is 0 Å². The number of aliphatic hydroxyl groups is 1. The molecule has 0 saturated heterocycles. The number of nitrogens with one attached hydrogen (secondary N) is 1. The molecule has 1 aliphatic rings. The monoisotopic (exact) mass is 471 g/mol. The third-order valence-corrected chi connectivity index (χ3v) is 6.08. The van der Waals surface area contributed by atoms with Crippen molar-refractivity contribution in [1.29, 1.82) is 0 Å². The number of urea groups is 1. The van der Waals surface area contributed by atoms with Gasteiger partial charge in [0.05, 0.1) is 13.2 Å². The molecule has 2 N–H and O–H groups in total. The number of carbonyl (C=O) groups is 1.